The van der Waals surface area contributed by atoms with Crippen LogP contribution < -0.4 is 20.3 Å². The SMILES string of the molecule is COc1cc2[nH]c(=S)n(CCNC(=O)OC(C)(C)C)c(=N)c2cc1OC. The molecular weight excluding hydrogens is 356 g/mol. The van der Waals surface area contributed by atoms with Crippen molar-refractivity contribution in [1.29, 1.82) is 5.41 Å². The van der Waals surface area contributed by atoms with Crippen molar-refractivity contribution >= 4 is 29.2 Å². The number of benzene rings is 1. The van der Waals surface area contributed by atoms with E-state index in [1.54, 1.807) is 44.6 Å². The summed E-state index contributed by atoms with van der Waals surface area (Å²) in [6.07, 6.45) is -0.508. The van der Waals surface area contributed by atoms with Gasteiger partial charge in [-0.25, -0.2) is 4.79 Å². The second-order valence-corrected chi connectivity index (χ2v) is 7.00. The Bertz CT molecular complexity index is 927. The topological polar surface area (TPSA) is 101 Å². The molecule has 1 heterocycles. The second-order valence-electron chi connectivity index (χ2n) is 6.61. The summed E-state index contributed by atoms with van der Waals surface area (Å²) >= 11 is 5.35. The Morgan fingerprint density at radius 3 is 2.46 bits per heavy atom. The van der Waals surface area contributed by atoms with Crippen LogP contribution in [0.15, 0.2) is 12.1 Å². The summed E-state index contributed by atoms with van der Waals surface area (Å²) in [6.45, 7) is 6.00. The summed E-state index contributed by atoms with van der Waals surface area (Å²) in [5.41, 5.74) is 0.331. The van der Waals surface area contributed by atoms with Crippen LogP contribution in [-0.4, -0.2) is 42.0 Å². The number of aromatic nitrogens is 2. The van der Waals surface area contributed by atoms with Crippen molar-refractivity contribution in [3.05, 3.63) is 22.4 Å². The molecule has 0 saturated heterocycles. The Labute approximate surface area is 156 Å². The number of nitrogens with zero attached hydrogens (tertiary/aromatic N) is 1. The molecule has 142 valence electrons. The van der Waals surface area contributed by atoms with Crippen LogP contribution in [-0.2, 0) is 11.3 Å². The van der Waals surface area contributed by atoms with Crippen LogP contribution in [0, 0.1) is 10.2 Å². The van der Waals surface area contributed by atoms with E-state index < -0.39 is 11.7 Å². The van der Waals surface area contributed by atoms with Crippen LogP contribution in [0.25, 0.3) is 10.9 Å². The van der Waals surface area contributed by atoms with Crippen LogP contribution in [0.3, 0.4) is 0 Å². The summed E-state index contributed by atoms with van der Waals surface area (Å²) in [7, 11) is 3.09. The number of hydrogen-bond donors (Lipinski definition) is 3. The van der Waals surface area contributed by atoms with E-state index in [1.807, 2.05) is 0 Å². The standard InChI is InChI=1S/C17H24N4O4S/c1-17(2,3)25-16(22)19-6-7-21-14(18)10-8-12(23-4)13(24-5)9-11(10)20-15(21)26/h8-9,18H,6-7H2,1-5H3,(H,19,22)(H,20,26). The van der Waals surface area contributed by atoms with E-state index in [2.05, 4.69) is 10.3 Å². The highest BCUT2D eigenvalue weighted by Crippen LogP contribution is 2.29. The zero-order chi connectivity index (χ0) is 19.5. The fraction of sp³-hybridized carbons (Fsp3) is 0.471. The molecule has 0 atom stereocenters. The van der Waals surface area contributed by atoms with E-state index in [0.717, 1.165) is 0 Å². The zero-order valence-corrected chi connectivity index (χ0v) is 16.4. The van der Waals surface area contributed by atoms with Gasteiger partial charge < -0.3 is 29.1 Å². The lowest BCUT2D eigenvalue weighted by Crippen LogP contribution is -2.35. The molecule has 0 radical (unpaired) electrons. The number of methoxy groups -OCH3 is 2. The molecule has 26 heavy (non-hydrogen) atoms. The molecule has 1 aromatic heterocycles. The summed E-state index contributed by atoms with van der Waals surface area (Å²) in [5.74, 6) is 1.08. The molecule has 3 N–H and O–H groups in total. The number of nitrogens with one attached hydrogen (secondary N) is 3. The molecule has 0 aliphatic rings. The van der Waals surface area contributed by atoms with Gasteiger partial charge in [-0.1, -0.05) is 0 Å². The predicted octanol–water partition coefficient (Wildman–Crippen LogP) is 2.72. The quantitative estimate of drug-likeness (QED) is 0.693. The Morgan fingerprint density at radius 2 is 1.88 bits per heavy atom. The molecule has 9 heteroatoms. The average molecular weight is 380 g/mol. The summed E-state index contributed by atoms with van der Waals surface area (Å²) in [5, 5.41) is 11.7. The van der Waals surface area contributed by atoms with Gasteiger partial charge in [-0.05, 0) is 39.1 Å². The number of fused-ring (bicyclic) bond motifs is 1. The number of alkyl carbamates (subject to hydrolysis) is 1. The highest BCUT2D eigenvalue weighted by atomic mass is 32.1. The Hall–Kier alpha value is -2.55. The largest absolute Gasteiger partial charge is 0.493 e. The number of rotatable bonds is 5. The minimum absolute atomic E-state index is 0.218. The molecule has 0 aliphatic carbocycles. The van der Waals surface area contributed by atoms with Gasteiger partial charge in [0.05, 0.1) is 19.7 Å². The lowest BCUT2D eigenvalue weighted by atomic mass is 10.2. The molecule has 1 aromatic carbocycles. The number of ether oxygens (including phenoxy) is 3. The third-order valence-electron chi connectivity index (χ3n) is 3.54. The van der Waals surface area contributed by atoms with E-state index in [9.17, 15) is 4.79 Å². The molecule has 0 unspecified atom stereocenters. The summed E-state index contributed by atoms with van der Waals surface area (Å²) in [6, 6.07) is 3.46. The van der Waals surface area contributed by atoms with E-state index in [0.29, 0.717) is 33.7 Å². The number of carbonyl (C=O) groups excluding carboxylic acids is 1. The third-order valence-corrected chi connectivity index (χ3v) is 3.86. The molecule has 2 aromatic rings. The molecule has 2 rings (SSSR count). The highest BCUT2D eigenvalue weighted by Gasteiger charge is 2.16. The minimum atomic E-state index is -0.562. The van der Waals surface area contributed by atoms with Gasteiger partial charge in [-0.3, -0.25) is 5.41 Å². The molecule has 0 bridgehead atoms. The van der Waals surface area contributed by atoms with Gasteiger partial charge in [-0.15, -0.1) is 0 Å². The number of aromatic amines is 1. The van der Waals surface area contributed by atoms with E-state index in [1.165, 1.54) is 7.11 Å². The number of carbonyl (C=O) groups is 1. The van der Waals surface area contributed by atoms with Gasteiger partial charge in [-0.2, -0.15) is 0 Å². The maximum absolute atomic E-state index is 11.7. The smallest absolute Gasteiger partial charge is 0.407 e. The van der Waals surface area contributed by atoms with Crippen LogP contribution in [0.2, 0.25) is 0 Å². The van der Waals surface area contributed by atoms with Crippen molar-refractivity contribution in [1.82, 2.24) is 14.9 Å². The maximum atomic E-state index is 11.7. The third kappa shape index (κ3) is 4.54. The fourth-order valence-electron chi connectivity index (χ4n) is 2.41. The highest BCUT2D eigenvalue weighted by molar-refractivity contribution is 7.71. The van der Waals surface area contributed by atoms with Crippen molar-refractivity contribution in [2.24, 2.45) is 0 Å². The van der Waals surface area contributed by atoms with Gasteiger partial charge in [0.1, 0.15) is 11.1 Å². The van der Waals surface area contributed by atoms with Gasteiger partial charge in [0, 0.05) is 24.5 Å². The first kappa shape index (κ1) is 19.8. The Kier molecular flexibility index (Phi) is 5.91. The van der Waals surface area contributed by atoms with Crippen molar-refractivity contribution in [3.63, 3.8) is 0 Å². The normalized spacial score (nSPS) is 11.3. The predicted molar refractivity (Wildman–Crippen MR) is 100 cm³/mol. The van der Waals surface area contributed by atoms with E-state index in [-0.39, 0.29) is 12.0 Å². The van der Waals surface area contributed by atoms with Crippen LogP contribution in [0.5, 0.6) is 11.5 Å². The fourth-order valence-corrected chi connectivity index (χ4v) is 2.70. The second kappa shape index (κ2) is 7.77. The molecule has 0 fully saturated rings. The first-order chi connectivity index (χ1) is 12.2. The van der Waals surface area contributed by atoms with Crippen LogP contribution >= 0.6 is 12.2 Å². The van der Waals surface area contributed by atoms with Crippen molar-refractivity contribution < 1.29 is 19.0 Å². The van der Waals surface area contributed by atoms with Crippen molar-refractivity contribution in [3.8, 4) is 11.5 Å². The van der Waals surface area contributed by atoms with Gasteiger partial charge in [0.15, 0.2) is 16.3 Å². The van der Waals surface area contributed by atoms with Crippen LogP contribution in [0.4, 0.5) is 4.79 Å². The minimum Gasteiger partial charge on any atom is -0.493 e. The Balaban J connectivity index is 2.27. The molecule has 0 aliphatic heterocycles. The maximum Gasteiger partial charge on any atom is 0.407 e. The Morgan fingerprint density at radius 1 is 1.27 bits per heavy atom. The van der Waals surface area contributed by atoms with Crippen molar-refractivity contribution in [2.45, 2.75) is 32.9 Å². The first-order valence-electron chi connectivity index (χ1n) is 8.06. The van der Waals surface area contributed by atoms with E-state index >= 15 is 0 Å². The first-order valence-corrected chi connectivity index (χ1v) is 8.47. The zero-order valence-electron chi connectivity index (χ0n) is 15.6. The molecule has 0 spiro atoms. The molecule has 0 saturated carbocycles. The van der Waals surface area contributed by atoms with E-state index in [4.69, 9.17) is 31.8 Å². The average Bonchev–Trinajstić information content (AvgIpc) is 2.55. The van der Waals surface area contributed by atoms with Crippen LogP contribution in [0.1, 0.15) is 20.8 Å². The van der Waals surface area contributed by atoms with Gasteiger partial charge in [0.2, 0.25) is 0 Å². The summed E-state index contributed by atoms with van der Waals surface area (Å²) in [4.78, 5) is 14.8. The number of hydrogen-bond acceptors (Lipinski definition) is 6. The molecule has 1 amide bonds. The number of H-pyrrole nitrogens is 1. The lowest BCUT2D eigenvalue weighted by Gasteiger charge is -2.20. The molecule has 8 nitrogen and oxygen atoms in total. The monoisotopic (exact) mass is 380 g/mol. The summed E-state index contributed by atoms with van der Waals surface area (Å²) < 4.78 is 17.7. The van der Waals surface area contributed by atoms with Crippen molar-refractivity contribution in [2.75, 3.05) is 20.8 Å². The molecular formula is C17H24N4O4S. The van der Waals surface area contributed by atoms with Gasteiger partial charge >= 0.3 is 6.09 Å². The number of amides is 1. The lowest BCUT2D eigenvalue weighted by molar-refractivity contribution is 0.0526. The van der Waals surface area contributed by atoms with Gasteiger partial charge in [0.25, 0.3) is 0 Å².